The van der Waals surface area contributed by atoms with E-state index in [1.165, 1.54) is 21.3 Å². The number of esters is 3. The summed E-state index contributed by atoms with van der Waals surface area (Å²) in [4.78, 5) is 72.2. The molecule has 7 rings (SSSR count). The van der Waals surface area contributed by atoms with E-state index in [1.54, 1.807) is 32.4 Å². The van der Waals surface area contributed by atoms with Gasteiger partial charge in [-0.05, 0) is 136 Å². The highest BCUT2D eigenvalue weighted by Gasteiger charge is 2.22. The lowest BCUT2D eigenvalue weighted by atomic mass is 10.1. The maximum absolute atomic E-state index is 13.1. The summed E-state index contributed by atoms with van der Waals surface area (Å²) in [6.07, 6.45) is 0.116. The van der Waals surface area contributed by atoms with Gasteiger partial charge in [0, 0.05) is 98.8 Å². The van der Waals surface area contributed by atoms with Crippen LogP contribution in [0.3, 0.4) is 0 Å². The van der Waals surface area contributed by atoms with E-state index in [2.05, 4.69) is 55.5 Å². The first-order chi connectivity index (χ1) is 39.6. The van der Waals surface area contributed by atoms with Crippen molar-refractivity contribution in [1.82, 2.24) is 35.0 Å². The molecule has 0 saturated carbocycles. The van der Waals surface area contributed by atoms with Gasteiger partial charge in [-0.25, -0.2) is 34.1 Å². The van der Waals surface area contributed by atoms with Crippen LogP contribution >= 0.6 is 0 Å². The summed E-state index contributed by atoms with van der Waals surface area (Å²) in [6.45, 7) is 10.8. The van der Waals surface area contributed by atoms with Gasteiger partial charge < -0.3 is 38.5 Å². The Morgan fingerprint density at radius 3 is 1.09 bits per heavy atom. The number of carbonyl (C=O) groups excluding carboxylic acids is 4. The van der Waals surface area contributed by atoms with Crippen molar-refractivity contribution in [2.24, 2.45) is 0 Å². The first-order valence-electron chi connectivity index (χ1n) is 26.6. The van der Waals surface area contributed by atoms with E-state index in [4.69, 9.17) is 48.1 Å². The fourth-order valence-corrected chi connectivity index (χ4v) is 8.38. The zero-order chi connectivity index (χ0) is 58.4. The molecule has 424 valence electrons. The summed E-state index contributed by atoms with van der Waals surface area (Å²) in [5.74, 6) is 19.5. The van der Waals surface area contributed by atoms with Crippen molar-refractivity contribution in [2.75, 3.05) is 88.0 Å². The van der Waals surface area contributed by atoms with Crippen LogP contribution in [0.1, 0.15) is 109 Å². The van der Waals surface area contributed by atoms with Crippen LogP contribution in [0.5, 0.6) is 17.2 Å². The monoisotopic (exact) mass is 1110 g/mol. The van der Waals surface area contributed by atoms with E-state index in [0.29, 0.717) is 129 Å². The second kappa shape index (κ2) is 29.8. The fraction of sp³-hybridized carbons (Fsp3) is 0.328. The summed E-state index contributed by atoms with van der Waals surface area (Å²) in [7, 11) is 7.15. The van der Waals surface area contributed by atoms with Crippen LogP contribution in [-0.4, -0.2) is 147 Å². The number of ether oxygens (including phenoxy) is 7. The standard InChI is InChI=1S/C64H67N7O11/c1-64(2,3)82-63(75)65-28-9-35-81-56-26-20-47(21-27-56)12-15-50-38-53(68-59(41-50)62(74)80-8)44-71-33-31-69(42-51-36-48(39-57(66-51)60(72)78-6)13-10-45-16-22-54(76-4)23-17-45)29-30-70(32-34-71)43-52-37-49(40-58(67-52)61(73)79-7)14-11-46-18-24-55(77-5)25-19-46/h16-27,36-41H,9,28-35,42-44H2,1-8H3,(H,65,75). The van der Waals surface area contributed by atoms with Gasteiger partial charge in [0.2, 0.25) is 0 Å². The van der Waals surface area contributed by atoms with Gasteiger partial charge in [-0.3, -0.25) is 14.7 Å². The van der Waals surface area contributed by atoms with E-state index in [9.17, 15) is 19.2 Å². The molecule has 1 N–H and O–H groups in total. The highest BCUT2D eigenvalue weighted by atomic mass is 16.6. The highest BCUT2D eigenvalue weighted by Crippen LogP contribution is 2.19. The lowest BCUT2D eigenvalue weighted by Crippen LogP contribution is -2.36. The average Bonchev–Trinajstić information content (AvgIpc) is 3.62. The molecule has 1 aliphatic rings. The van der Waals surface area contributed by atoms with Crippen LogP contribution < -0.4 is 19.5 Å². The summed E-state index contributed by atoms with van der Waals surface area (Å²) >= 11 is 0. The number of pyridine rings is 3. The third-order valence-electron chi connectivity index (χ3n) is 12.5. The minimum absolute atomic E-state index is 0.117. The second-order valence-corrected chi connectivity index (χ2v) is 19.9. The molecule has 1 saturated heterocycles. The van der Waals surface area contributed by atoms with Crippen LogP contribution in [0, 0.1) is 35.5 Å². The number of aromatic nitrogens is 3. The number of hydrogen-bond donors (Lipinski definition) is 1. The van der Waals surface area contributed by atoms with Crippen molar-refractivity contribution < 1.29 is 52.3 Å². The third kappa shape index (κ3) is 19.2. The normalized spacial score (nSPS) is 12.9. The number of methoxy groups -OCH3 is 5. The van der Waals surface area contributed by atoms with Gasteiger partial charge >= 0.3 is 24.0 Å². The minimum atomic E-state index is -0.598. The quantitative estimate of drug-likeness (QED) is 0.0431. The Hall–Kier alpha value is -9.25. The van der Waals surface area contributed by atoms with E-state index in [-0.39, 0.29) is 17.1 Å². The predicted molar refractivity (Wildman–Crippen MR) is 307 cm³/mol. The van der Waals surface area contributed by atoms with Crippen molar-refractivity contribution >= 4 is 24.0 Å². The van der Waals surface area contributed by atoms with E-state index < -0.39 is 29.6 Å². The van der Waals surface area contributed by atoms with Crippen LogP contribution in [0.25, 0.3) is 0 Å². The number of nitrogens with zero attached hydrogens (tertiary/aromatic N) is 6. The predicted octanol–water partition coefficient (Wildman–Crippen LogP) is 7.56. The van der Waals surface area contributed by atoms with E-state index in [1.807, 2.05) is 112 Å². The maximum atomic E-state index is 13.1. The van der Waals surface area contributed by atoms with Crippen LogP contribution in [0.4, 0.5) is 4.79 Å². The molecule has 1 amide bonds. The summed E-state index contributed by atoms with van der Waals surface area (Å²) in [5, 5.41) is 2.73. The average molecular weight is 1110 g/mol. The molecule has 0 radical (unpaired) electrons. The third-order valence-corrected chi connectivity index (χ3v) is 12.5. The molecule has 0 atom stereocenters. The molecule has 3 aromatic carbocycles. The Balaban J connectivity index is 1.14. The summed E-state index contributed by atoms with van der Waals surface area (Å²) in [6, 6.07) is 32.6. The molecule has 3 aromatic heterocycles. The lowest BCUT2D eigenvalue weighted by Gasteiger charge is -2.25. The Bertz CT molecular complexity index is 3240. The van der Waals surface area contributed by atoms with Crippen molar-refractivity contribution in [2.45, 2.75) is 52.4 Å². The summed E-state index contributed by atoms with van der Waals surface area (Å²) in [5.41, 5.74) is 5.67. The van der Waals surface area contributed by atoms with Gasteiger partial charge in [0.15, 0.2) is 0 Å². The Morgan fingerprint density at radius 1 is 0.463 bits per heavy atom. The number of hydrogen-bond acceptors (Lipinski definition) is 17. The molecule has 4 heterocycles. The SMILES string of the molecule is COC(=O)c1cc(C#Cc2ccc(OC)cc2)cc(CN2CCN(Cc3cc(C#Cc4ccc(OC)cc4)cc(C(=O)OC)n3)CCN(Cc3cc(C#Cc4ccc(OCCCNC(=O)OC(C)(C)C)cc4)cc(C(=O)OC)n3)CC2)n1. The van der Waals surface area contributed by atoms with Crippen molar-refractivity contribution in [3.63, 3.8) is 0 Å². The molecule has 0 bridgehead atoms. The van der Waals surface area contributed by atoms with Gasteiger partial charge in [-0.1, -0.05) is 35.5 Å². The van der Waals surface area contributed by atoms with Gasteiger partial charge in [0.1, 0.15) is 39.9 Å². The number of rotatable bonds is 16. The number of nitrogens with one attached hydrogen (secondary N) is 1. The largest absolute Gasteiger partial charge is 0.497 e. The van der Waals surface area contributed by atoms with Crippen molar-refractivity contribution in [3.05, 3.63) is 177 Å². The van der Waals surface area contributed by atoms with Crippen LogP contribution in [-0.2, 0) is 38.6 Å². The summed E-state index contributed by atoms with van der Waals surface area (Å²) < 4.78 is 37.2. The lowest BCUT2D eigenvalue weighted by molar-refractivity contribution is 0.0522. The Morgan fingerprint density at radius 2 is 0.780 bits per heavy atom. The zero-order valence-electron chi connectivity index (χ0n) is 47.6. The van der Waals surface area contributed by atoms with E-state index in [0.717, 1.165) is 16.7 Å². The molecule has 82 heavy (non-hydrogen) atoms. The topological polar surface area (TPSA) is 193 Å². The number of carbonyl (C=O) groups is 4. The Labute approximate surface area is 479 Å². The molecule has 18 nitrogen and oxygen atoms in total. The molecule has 1 fully saturated rings. The highest BCUT2D eigenvalue weighted by molar-refractivity contribution is 5.88. The Kier molecular flexibility index (Phi) is 22.0. The number of benzene rings is 3. The molecular weight excluding hydrogens is 1040 g/mol. The molecule has 0 spiro atoms. The molecular formula is C64H67N7O11. The molecule has 6 aromatic rings. The second-order valence-electron chi connectivity index (χ2n) is 19.9. The van der Waals surface area contributed by atoms with Gasteiger partial charge in [-0.2, -0.15) is 0 Å². The van der Waals surface area contributed by atoms with Gasteiger partial charge in [0.05, 0.1) is 59.2 Å². The maximum Gasteiger partial charge on any atom is 0.407 e. The fourth-order valence-electron chi connectivity index (χ4n) is 8.38. The first-order valence-corrected chi connectivity index (χ1v) is 26.6. The molecule has 0 unspecified atom stereocenters. The molecule has 1 aliphatic heterocycles. The molecule has 18 heteroatoms. The number of amides is 1. The molecule has 0 aliphatic carbocycles. The zero-order valence-corrected chi connectivity index (χ0v) is 47.6. The van der Waals surface area contributed by atoms with E-state index >= 15 is 0 Å². The van der Waals surface area contributed by atoms with Crippen LogP contribution in [0.15, 0.2) is 109 Å². The minimum Gasteiger partial charge on any atom is -0.497 e. The number of alkyl carbamates (subject to hydrolysis) is 1. The van der Waals surface area contributed by atoms with Crippen LogP contribution in [0.2, 0.25) is 0 Å². The van der Waals surface area contributed by atoms with Gasteiger partial charge in [-0.15, -0.1) is 0 Å². The first kappa shape index (κ1) is 60.4. The smallest absolute Gasteiger partial charge is 0.407 e. The van der Waals surface area contributed by atoms with Crippen molar-refractivity contribution in [1.29, 1.82) is 0 Å². The van der Waals surface area contributed by atoms with Crippen molar-refractivity contribution in [3.8, 4) is 52.8 Å². The van der Waals surface area contributed by atoms with Gasteiger partial charge in [0.25, 0.3) is 0 Å².